The average Bonchev–Trinajstić information content (AvgIpc) is 2.88. The summed E-state index contributed by atoms with van der Waals surface area (Å²) in [4.78, 5) is 4.59. The van der Waals surface area contributed by atoms with E-state index in [-0.39, 0.29) is 0 Å². The standard InChI is InChI=1S/C16H24N2O/c1-17(2)9-6-12-19-16-8-5-7-15(13-16)14-18-10-3-4-11-18/h3-5,7-8,13H,6,9-12,14H2,1-2H3. The van der Waals surface area contributed by atoms with E-state index in [0.29, 0.717) is 0 Å². The predicted molar refractivity (Wildman–Crippen MR) is 79.5 cm³/mol. The Morgan fingerprint density at radius 2 is 2.00 bits per heavy atom. The molecule has 0 saturated carbocycles. The fourth-order valence-electron chi connectivity index (χ4n) is 2.21. The summed E-state index contributed by atoms with van der Waals surface area (Å²) in [7, 11) is 4.18. The SMILES string of the molecule is CN(C)CCCOc1cccc(CN2CC=CC2)c1. The third kappa shape index (κ3) is 5.05. The zero-order valence-electron chi connectivity index (χ0n) is 12.0. The van der Waals surface area contributed by atoms with Crippen molar-refractivity contribution in [1.29, 1.82) is 0 Å². The van der Waals surface area contributed by atoms with Crippen molar-refractivity contribution in [3.8, 4) is 5.75 Å². The van der Waals surface area contributed by atoms with Crippen molar-refractivity contribution >= 4 is 0 Å². The van der Waals surface area contributed by atoms with E-state index >= 15 is 0 Å². The quantitative estimate of drug-likeness (QED) is 0.553. The lowest BCUT2D eigenvalue weighted by Gasteiger charge is -2.15. The molecule has 0 radical (unpaired) electrons. The molecule has 1 aliphatic heterocycles. The highest BCUT2D eigenvalue weighted by molar-refractivity contribution is 5.28. The maximum atomic E-state index is 5.80. The highest BCUT2D eigenvalue weighted by atomic mass is 16.5. The van der Waals surface area contributed by atoms with Gasteiger partial charge < -0.3 is 9.64 Å². The number of hydrogen-bond donors (Lipinski definition) is 0. The van der Waals surface area contributed by atoms with Crippen LogP contribution in [0.25, 0.3) is 0 Å². The van der Waals surface area contributed by atoms with E-state index in [9.17, 15) is 0 Å². The number of rotatable bonds is 7. The number of nitrogens with zero attached hydrogens (tertiary/aromatic N) is 2. The Bertz CT molecular complexity index is 407. The van der Waals surface area contributed by atoms with Crippen LogP contribution in [0.3, 0.4) is 0 Å². The molecule has 0 amide bonds. The minimum Gasteiger partial charge on any atom is -0.494 e. The molecule has 0 fully saturated rings. The molecule has 0 spiro atoms. The molecule has 3 heteroatoms. The lowest BCUT2D eigenvalue weighted by Crippen LogP contribution is -2.19. The number of hydrogen-bond acceptors (Lipinski definition) is 3. The molecular weight excluding hydrogens is 236 g/mol. The topological polar surface area (TPSA) is 15.7 Å². The molecule has 0 atom stereocenters. The Labute approximate surface area is 116 Å². The third-order valence-electron chi connectivity index (χ3n) is 3.22. The van der Waals surface area contributed by atoms with Crippen LogP contribution >= 0.6 is 0 Å². The molecule has 1 aromatic carbocycles. The zero-order chi connectivity index (χ0) is 13.5. The van der Waals surface area contributed by atoms with Gasteiger partial charge in [0, 0.05) is 26.2 Å². The van der Waals surface area contributed by atoms with E-state index in [1.54, 1.807) is 0 Å². The smallest absolute Gasteiger partial charge is 0.119 e. The van der Waals surface area contributed by atoms with Gasteiger partial charge in [0.2, 0.25) is 0 Å². The van der Waals surface area contributed by atoms with Crippen LogP contribution in [0.15, 0.2) is 36.4 Å². The van der Waals surface area contributed by atoms with E-state index in [1.165, 1.54) is 5.56 Å². The van der Waals surface area contributed by atoms with Crippen molar-refractivity contribution in [2.45, 2.75) is 13.0 Å². The molecule has 0 N–H and O–H groups in total. The fourth-order valence-corrected chi connectivity index (χ4v) is 2.21. The Kier molecular flexibility index (Phi) is 5.43. The van der Waals surface area contributed by atoms with Gasteiger partial charge in [0.15, 0.2) is 0 Å². The largest absolute Gasteiger partial charge is 0.494 e. The van der Waals surface area contributed by atoms with Crippen LogP contribution in [0, 0.1) is 0 Å². The molecule has 104 valence electrons. The Morgan fingerprint density at radius 1 is 1.21 bits per heavy atom. The van der Waals surface area contributed by atoms with Gasteiger partial charge in [0.25, 0.3) is 0 Å². The maximum absolute atomic E-state index is 5.80. The van der Waals surface area contributed by atoms with Crippen molar-refractivity contribution in [3.05, 3.63) is 42.0 Å². The van der Waals surface area contributed by atoms with Gasteiger partial charge in [-0.1, -0.05) is 24.3 Å². The lowest BCUT2D eigenvalue weighted by atomic mass is 10.2. The van der Waals surface area contributed by atoms with Crippen LogP contribution in [-0.4, -0.2) is 50.1 Å². The lowest BCUT2D eigenvalue weighted by molar-refractivity contribution is 0.280. The normalized spacial score (nSPS) is 15.3. The molecular formula is C16H24N2O. The van der Waals surface area contributed by atoms with Crippen LogP contribution in [0.4, 0.5) is 0 Å². The Balaban J connectivity index is 1.77. The van der Waals surface area contributed by atoms with E-state index in [2.05, 4.69) is 54.2 Å². The van der Waals surface area contributed by atoms with Crippen LogP contribution < -0.4 is 4.74 Å². The summed E-state index contributed by atoms with van der Waals surface area (Å²) in [6, 6.07) is 8.46. The summed E-state index contributed by atoms with van der Waals surface area (Å²) in [6.07, 6.45) is 5.51. The van der Waals surface area contributed by atoms with Crippen molar-refractivity contribution < 1.29 is 4.74 Å². The van der Waals surface area contributed by atoms with Gasteiger partial charge in [0.05, 0.1) is 6.61 Å². The molecule has 1 aromatic rings. The molecule has 1 aliphatic rings. The summed E-state index contributed by atoms with van der Waals surface area (Å²) in [5.41, 5.74) is 1.33. The zero-order valence-corrected chi connectivity index (χ0v) is 12.0. The first-order chi connectivity index (χ1) is 9.24. The van der Waals surface area contributed by atoms with Gasteiger partial charge in [-0.25, -0.2) is 0 Å². The van der Waals surface area contributed by atoms with Crippen molar-refractivity contribution in [2.75, 3.05) is 40.3 Å². The van der Waals surface area contributed by atoms with Crippen molar-refractivity contribution in [1.82, 2.24) is 9.80 Å². The van der Waals surface area contributed by atoms with Gasteiger partial charge in [-0.15, -0.1) is 0 Å². The molecule has 19 heavy (non-hydrogen) atoms. The minimum atomic E-state index is 0.785. The number of ether oxygens (including phenoxy) is 1. The predicted octanol–water partition coefficient (Wildman–Crippen LogP) is 2.39. The van der Waals surface area contributed by atoms with E-state index in [4.69, 9.17) is 4.74 Å². The first kappa shape index (κ1) is 14.1. The Morgan fingerprint density at radius 3 is 2.74 bits per heavy atom. The summed E-state index contributed by atoms with van der Waals surface area (Å²) >= 11 is 0. The molecule has 0 unspecified atom stereocenters. The second-order valence-corrected chi connectivity index (χ2v) is 5.32. The first-order valence-electron chi connectivity index (χ1n) is 6.98. The van der Waals surface area contributed by atoms with Crippen molar-refractivity contribution in [3.63, 3.8) is 0 Å². The highest BCUT2D eigenvalue weighted by Crippen LogP contribution is 2.16. The van der Waals surface area contributed by atoms with Gasteiger partial charge >= 0.3 is 0 Å². The van der Waals surface area contributed by atoms with E-state index in [1.807, 2.05) is 6.07 Å². The summed E-state index contributed by atoms with van der Waals surface area (Å²) in [6.45, 7) is 4.98. The van der Waals surface area contributed by atoms with E-state index < -0.39 is 0 Å². The van der Waals surface area contributed by atoms with Crippen LogP contribution in [0.2, 0.25) is 0 Å². The van der Waals surface area contributed by atoms with Crippen LogP contribution in [-0.2, 0) is 6.54 Å². The summed E-state index contributed by atoms with van der Waals surface area (Å²) < 4.78 is 5.80. The second kappa shape index (κ2) is 7.31. The van der Waals surface area contributed by atoms with Crippen molar-refractivity contribution in [2.24, 2.45) is 0 Å². The third-order valence-corrected chi connectivity index (χ3v) is 3.22. The fraction of sp³-hybridized carbons (Fsp3) is 0.500. The molecule has 2 rings (SSSR count). The van der Waals surface area contributed by atoms with Gasteiger partial charge in [-0.05, 0) is 38.2 Å². The monoisotopic (exact) mass is 260 g/mol. The van der Waals surface area contributed by atoms with Gasteiger partial charge in [-0.3, -0.25) is 4.90 Å². The molecule has 0 saturated heterocycles. The average molecular weight is 260 g/mol. The maximum Gasteiger partial charge on any atom is 0.119 e. The molecule has 0 bridgehead atoms. The first-order valence-corrected chi connectivity index (χ1v) is 6.98. The van der Waals surface area contributed by atoms with Crippen LogP contribution in [0.5, 0.6) is 5.75 Å². The molecule has 1 heterocycles. The number of benzene rings is 1. The van der Waals surface area contributed by atoms with Gasteiger partial charge in [-0.2, -0.15) is 0 Å². The minimum absolute atomic E-state index is 0.785. The Hall–Kier alpha value is -1.32. The summed E-state index contributed by atoms with van der Waals surface area (Å²) in [5.74, 6) is 0.989. The molecule has 3 nitrogen and oxygen atoms in total. The summed E-state index contributed by atoms with van der Waals surface area (Å²) in [5, 5.41) is 0. The molecule has 0 aliphatic carbocycles. The molecule has 0 aromatic heterocycles. The van der Waals surface area contributed by atoms with Crippen LogP contribution in [0.1, 0.15) is 12.0 Å². The van der Waals surface area contributed by atoms with Gasteiger partial charge in [0.1, 0.15) is 5.75 Å². The van der Waals surface area contributed by atoms with E-state index in [0.717, 1.165) is 45.0 Å². The second-order valence-electron chi connectivity index (χ2n) is 5.32. The highest BCUT2D eigenvalue weighted by Gasteiger charge is 2.07.